The molecule has 29 heavy (non-hydrogen) atoms. The molecule has 2 aliphatic carbocycles. The summed E-state index contributed by atoms with van der Waals surface area (Å²) in [5.74, 6) is 1.32. The largest absolute Gasteiger partial charge is 0.488 e. The van der Waals surface area contributed by atoms with Gasteiger partial charge in [0.15, 0.2) is 0 Å². The number of halogens is 2. The maximum absolute atomic E-state index is 12.5. The van der Waals surface area contributed by atoms with E-state index in [2.05, 4.69) is 17.5 Å². The average molecular weight is 431 g/mol. The second-order valence-electron chi connectivity index (χ2n) is 8.13. The van der Waals surface area contributed by atoms with Crippen LogP contribution in [0, 0.1) is 17.3 Å². The summed E-state index contributed by atoms with van der Waals surface area (Å²) in [6.07, 6.45) is 6.38. The molecule has 0 saturated heterocycles. The first-order chi connectivity index (χ1) is 14.0. The third kappa shape index (κ3) is 4.29. The van der Waals surface area contributed by atoms with Crippen molar-refractivity contribution in [3.63, 3.8) is 0 Å². The monoisotopic (exact) mass is 430 g/mol. The van der Waals surface area contributed by atoms with Crippen LogP contribution in [0.25, 0.3) is 0 Å². The zero-order chi connectivity index (χ0) is 20.4. The van der Waals surface area contributed by atoms with E-state index in [4.69, 9.17) is 27.9 Å². The molecule has 2 aromatic rings. The van der Waals surface area contributed by atoms with Gasteiger partial charge in [0.05, 0.1) is 6.21 Å². The van der Waals surface area contributed by atoms with E-state index >= 15 is 0 Å². The second kappa shape index (κ2) is 8.37. The van der Waals surface area contributed by atoms with Crippen LogP contribution in [0.4, 0.5) is 0 Å². The van der Waals surface area contributed by atoms with Gasteiger partial charge in [-0.25, -0.2) is 5.43 Å². The topological polar surface area (TPSA) is 50.7 Å². The highest BCUT2D eigenvalue weighted by Gasteiger charge is 2.64. The van der Waals surface area contributed by atoms with Crippen LogP contribution in [0.3, 0.4) is 0 Å². The number of nitrogens with zero attached hydrogens (tertiary/aromatic N) is 1. The highest BCUT2D eigenvalue weighted by atomic mass is 35.5. The van der Waals surface area contributed by atoms with Gasteiger partial charge in [-0.2, -0.15) is 5.10 Å². The van der Waals surface area contributed by atoms with Crippen LogP contribution < -0.4 is 10.2 Å². The quantitative estimate of drug-likeness (QED) is 0.461. The van der Waals surface area contributed by atoms with Crippen LogP contribution in [0.5, 0.6) is 5.75 Å². The Labute approximate surface area is 181 Å². The number of carbonyl (C=O) groups is 1. The van der Waals surface area contributed by atoms with E-state index in [0.717, 1.165) is 24.0 Å². The second-order valence-corrected chi connectivity index (χ2v) is 8.98. The van der Waals surface area contributed by atoms with Crippen LogP contribution >= 0.6 is 23.2 Å². The van der Waals surface area contributed by atoms with Gasteiger partial charge in [0.2, 0.25) is 5.91 Å². The standard InChI is InChI=1S/C23H24Cl2N2O2/c1-23-11-5-4-7-18(23)21(23)22(28)27-26-13-15-6-2-3-8-20(15)29-14-16-9-10-17(24)12-19(16)25/h2-3,6,8-10,12-13,18,21H,4-5,7,11,14H2,1H3,(H,27,28)/b26-13-/t18-,21-,23-/m1/s1. The predicted octanol–water partition coefficient (Wildman–Crippen LogP) is 5.85. The number of rotatable bonds is 6. The molecule has 1 N–H and O–H groups in total. The molecular weight excluding hydrogens is 407 g/mol. The molecule has 0 spiro atoms. The number of amides is 1. The fraction of sp³-hybridized carbons (Fsp3) is 0.391. The van der Waals surface area contributed by atoms with Gasteiger partial charge in [-0.3, -0.25) is 4.79 Å². The van der Waals surface area contributed by atoms with E-state index in [-0.39, 0.29) is 17.2 Å². The van der Waals surface area contributed by atoms with Crippen molar-refractivity contribution in [1.82, 2.24) is 5.43 Å². The minimum absolute atomic E-state index is 0.0296. The summed E-state index contributed by atoms with van der Waals surface area (Å²) in [5, 5.41) is 5.34. The molecule has 1 amide bonds. The lowest BCUT2D eigenvalue weighted by molar-refractivity contribution is -0.123. The normalized spacial score (nSPS) is 25.5. The van der Waals surface area contributed by atoms with Crippen molar-refractivity contribution in [3.05, 3.63) is 63.6 Å². The number of nitrogens with one attached hydrogen (secondary N) is 1. The van der Waals surface area contributed by atoms with Gasteiger partial charge in [0, 0.05) is 27.1 Å². The van der Waals surface area contributed by atoms with Crippen molar-refractivity contribution < 1.29 is 9.53 Å². The summed E-state index contributed by atoms with van der Waals surface area (Å²) in [4.78, 5) is 12.5. The molecule has 0 radical (unpaired) electrons. The maximum Gasteiger partial charge on any atom is 0.244 e. The Bertz CT molecular complexity index is 946. The fourth-order valence-electron chi connectivity index (χ4n) is 4.60. The number of carbonyl (C=O) groups excluding carboxylic acids is 1. The van der Waals surface area contributed by atoms with Gasteiger partial charge in [-0.15, -0.1) is 0 Å². The van der Waals surface area contributed by atoms with Crippen LogP contribution in [-0.2, 0) is 11.4 Å². The third-order valence-electron chi connectivity index (χ3n) is 6.31. The van der Waals surface area contributed by atoms with Crippen molar-refractivity contribution >= 4 is 35.3 Å². The molecule has 0 bridgehead atoms. The summed E-state index contributed by atoms with van der Waals surface area (Å²) in [7, 11) is 0. The van der Waals surface area contributed by atoms with Crippen molar-refractivity contribution in [3.8, 4) is 5.75 Å². The van der Waals surface area contributed by atoms with Crippen LogP contribution in [0.2, 0.25) is 10.0 Å². The van der Waals surface area contributed by atoms with E-state index in [1.165, 1.54) is 12.8 Å². The van der Waals surface area contributed by atoms with Crippen molar-refractivity contribution in [2.45, 2.75) is 39.2 Å². The first-order valence-electron chi connectivity index (χ1n) is 9.98. The number of hydrazone groups is 1. The molecule has 152 valence electrons. The molecule has 2 fully saturated rings. The lowest BCUT2D eigenvalue weighted by Crippen LogP contribution is -2.22. The first kappa shape index (κ1) is 20.2. The summed E-state index contributed by atoms with van der Waals surface area (Å²) >= 11 is 12.2. The van der Waals surface area contributed by atoms with Crippen molar-refractivity contribution in [2.75, 3.05) is 0 Å². The van der Waals surface area contributed by atoms with Gasteiger partial charge < -0.3 is 4.74 Å². The lowest BCUT2D eigenvalue weighted by atomic mass is 9.90. The molecule has 2 aliphatic rings. The SMILES string of the molecule is C[C@@]12CCCC[C@@H]1[C@@H]2C(=O)N/N=C\c1ccccc1OCc1ccc(Cl)cc1Cl. The zero-order valence-electron chi connectivity index (χ0n) is 16.3. The Balaban J connectivity index is 1.37. The molecule has 2 saturated carbocycles. The molecule has 2 aromatic carbocycles. The number of benzene rings is 2. The van der Waals surface area contributed by atoms with E-state index in [0.29, 0.717) is 28.3 Å². The first-order valence-corrected chi connectivity index (χ1v) is 10.7. The van der Waals surface area contributed by atoms with E-state index in [1.807, 2.05) is 30.3 Å². The molecule has 6 heteroatoms. The highest BCUT2D eigenvalue weighted by Crippen LogP contribution is 2.66. The van der Waals surface area contributed by atoms with Gasteiger partial charge in [-0.05, 0) is 48.4 Å². The molecule has 0 aromatic heterocycles. The van der Waals surface area contributed by atoms with E-state index in [1.54, 1.807) is 18.3 Å². The van der Waals surface area contributed by atoms with Crippen molar-refractivity contribution in [2.24, 2.45) is 22.4 Å². The van der Waals surface area contributed by atoms with Crippen LogP contribution in [0.1, 0.15) is 43.7 Å². The molecule has 4 nitrogen and oxygen atoms in total. The molecule has 3 atom stereocenters. The fourth-order valence-corrected chi connectivity index (χ4v) is 5.06. The summed E-state index contributed by atoms with van der Waals surface area (Å²) in [6.45, 7) is 2.55. The van der Waals surface area contributed by atoms with Gasteiger partial charge in [-0.1, -0.05) is 61.2 Å². The smallest absolute Gasteiger partial charge is 0.244 e. The maximum atomic E-state index is 12.5. The van der Waals surface area contributed by atoms with Crippen LogP contribution in [-0.4, -0.2) is 12.1 Å². The molecule has 4 rings (SSSR count). The zero-order valence-corrected chi connectivity index (χ0v) is 17.8. The molecule has 0 aliphatic heterocycles. The Hall–Kier alpha value is -2.04. The summed E-state index contributed by atoms with van der Waals surface area (Å²) < 4.78 is 5.92. The minimum atomic E-state index is 0.0296. The lowest BCUT2D eigenvalue weighted by Gasteiger charge is -2.15. The highest BCUT2D eigenvalue weighted by molar-refractivity contribution is 6.35. The number of para-hydroxylation sites is 1. The summed E-state index contributed by atoms with van der Waals surface area (Å²) in [6, 6.07) is 12.9. The Morgan fingerprint density at radius 1 is 1.28 bits per heavy atom. The third-order valence-corrected chi connectivity index (χ3v) is 6.90. The number of hydrogen-bond acceptors (Lipinski definition) is 3. The average Bonchev–Trinajstić information content (AvgIpc) is 3.33. The number of hydrogen-bond donors (Lipinski definition) is 1. The van der Waals surface area contributed by atoms with Gasteiger partial charge >= 0.3 is 0 Å². The minimum Gasteiger partial charge on any atom is -0.488 e. The Kier molecular flexibility index (Phi) is 5.84. The number of fused-ring (bicyclic) bond motifs is 1. The molecule has 0 unspecified atom stereocenters. The van der Waals surface area contributed by atoms with E-state index in [9.17, 15) is 4.79 Å². The predicted molar refractivity (Wildman–Crippen MR) is 117 cm³/mol. The summed E-state index contributed by atoms with van der Waals surface area (Å²) in [5.41, 5.74) is 4.54. The van der Waals surface area contributed by atoms with Crippen LogP contribution in [0.15, 0.2) is 47.6 Å². The Morgan fingerprint density at radius 3 is 2.86 bits per heavy atom. The number of ether oxygens (including phenoxy) is 1. The molecule has 0 heterocycles. The molecular formula is C23H24Cl2N2O2. The van der Waals surface area contributed by atoms with E-state index < -0.39 is 0 Å². The van der Waals surface area contributed by atoms with Crippen molar-refractivity contribution in [1.29, 1.82) is 0 Å². The van der Waals surface area contributed by atoms with Gasteiger partial charge in [0.25, 0.3) is 0 Å². The Morgan fingerprint density at radius 2 is 2.10 bits per heavy atom. The van der Waals surface area contributed by atoms with Gasteiger partial charge in [0.1, 0.15) is 12.4 Å².